The summed E-state index contributed by atoms with van der Waals surface area (Å²) in [6.45, 7) is 4.77. The van der Waals surface area contributed by atoms with E-state index in [1.165, 1.54) is 25.7 Å². The van der Waals surface area contributed by atoms with Crippen LogP contribution in [-0.4, -0.2) is 21.9 Å². The molecule has 0 aromatic rings. The molecule has 0 saturated heterocycles. The maximum Gasteiger partial charge on any atom is 0.130 e. The van der Waals surface area contributed by atoms with Crippen LogP contribution in [0, 0.1) is 46.8 Å². The molecule has 23 heavy (non-hydrogen) atoms. The van der Waals surface area contributed by atoms with Crippen molar-refractivity contribution in [2.75, 3.05) is 0 Å². The molecular formula is C21H32O2. The third-order valence-corrected chi connectivity index (χ3v) is 9.03. The second kappa shape index (κ2) is 4.99. The van der Waals surface area contributed by atoms with Gasteiger partial charge in [-0.15, -0.1) is 6.42 Å². The van der Waals surface area contributed by atoms with Crippen LogP contribution in [0.1, 0.15) is 71.6 Å². The molecule has 2 heteroatoms. The third kappa shape index (κ3) is 1.96. The first-order chi connectivity index (χ1) is 10.8. The SMILES string of the molecule is C#C[C@]1(O)CCC2C3CC[C@H]4C[C@H](O)CC[C@]4(C)C3CC[C@@]21C. The van der Waals surface area contributed by atoms with Crippen LogP contribution in [0.15, 0.2) is 0 Å². The van der Waals surface area contributed by atoms with E-state index in [0.717, 1.165) is 43.9 Å². The van der Waals surface area contributed by atoms with E-state index in [2.05, 4.69) is 19.8 Å². The Morgan fingerprint density at radius 3 is 2.43 bits per heavy atom. The molecule has 0 aromatic heterocycles. The number of hydrogen-bond acceptors (Lipinski definition) is 2. The van der Waals surface area contributed by atoms with Crippen molar-refractivity contribution in [1.29, 1.82) is 0 Å². The van der Waals surface area contributed by atoms with E-state index in [9.17, 15) is 10.2 Å². The van der Waals surface area contributed by atoms with Crippen molar-refractivity contribution in [3.05, 3.63) is 0 Å². The van der Waals surface area contributed by atoms with Crippen LogP contribution in [-0.2, 0) is 0 Å². The Hall–Kier alpha value is -0.520. The van der Waals surface area contributed by atoms with E-state index in [4.69, 9.17) is 6.42 Å². The van der Waals surface area contributed by atoms with E-state index in [-0.39, 0.29) is 11.5 Å². The lowest BCUT2D eigenvalue weighted by atomic mass is 9.44. The molecule has 4 rings (SSSR count). The van der Waals surface area contributed by atoms with E-state index in [0.29, 0.717) is 17.3 Å². The molecule has 4 aliphatic rings. The Morgan fingerprint density at radius 2 is 1.70 bits per heavy atom. The van der Waals surface area contributed by atoms with Crippen molar-refractivity contribution in [2.24, 2.45) is 34.5 Å². The first-order valence-electron chi connectivity index (χ1n) is 9.72. The topological polar surface area (TPSA) is 40.5 Å². The highest BCUT2D eigenvalue weighted by atomic mass is 16.3. The van der Waals surface area contributed by atoms with Gasteiger partial charge in [0.15, 0.2) is 0 Å². The van der Waals surface area contributed by atoms with Gasteiger partial charge in [0, 0.05) is 5.41 Å². The summed E-state index contributed by atoms with van der Waals surface area (Å²) < 4.78 is 0. The van der Waals surface area contributed by atoms with E-state index < -0.39 is 5.60 Å². The third-order valence-electron chi connectivity index (χ3n) is 9.03. The summed E-state index contributed by atoms with van der Waals surface area (Å²) in [6, 6.07) is 0. The predicted molar refractivity (Wildman–Crippen MR) is 91.5 cm³/mol. The Morgan fingerprint density at radius 1 is 0.957 bits per heavy atom. The van der Waals surface area contributed by atoms with Gasteiger partial charge in [-0.05, 0) is 86.9 Å². The zero-order valence-electron chi connectivity index (χ0n) is 14.7. The largest absolute Gasteiger partial charge is 0.393 e. The number of aliphatic hydroxyl groups is 2. The van der Waals surface area contributed by atoms with E-state index in [1.54, 1.807) is 0 Å². The summed E-state index contributed by atoms with van der Waals surface area (Å²) >= 11 is 0. The lowest BCUT2D eigenvalue weighted by molar-refractivity contribution is -0.144. The zero-order valence-corrected chi connectivity index (χ0v) is 14.7. The van der Waals surface area contributed by atoms with Crippen molar-refractivity contribution in [3.63, 3.8) is 0 Å². The molecule has 0 aliphatic heterocycles. The van der Waals surface area contributed by atoms with Crippen molar-refractivity contribution in [3.8, 4) is 12.3 Å². The average Bonchev–Trinajstić information content (AvgIpc) is 2.80. The molecule has 0 amide bonds. The second-order valence-corrected chi connectivity index (χ2v) is 9.58. The van der Waals surface area contributed by atoms with Crippen LogP contribution in [0.4, 0.5) is 0 Å². The lowest BCUT2D eigenvalue weighted by Gasteiger charge is -2.61. The fraction of sp³-hybridized carbons (Fsp3) is 0.905. The number of rotatable bonds is 0. The van der Waals surface area contributed by atoms with Gasteiger partial charge in [-0.1, -0.05) is 19.8 Å². The molecule has 128 valence electrons. The van der Waals surface area contributed by atoms with E-state index >= 15 is 0 Å². The monoisotopic (exact) mass is 316 g/mol. The summed E-state index contributed by atoms with van der Waals surface area (Å²) in [4.78, 5) is 0. The van der Waals surface area contributed by atoms with Crippen molar-refractivity contribution in [2.45, 2.75) is 83.3 Å². The molecule has 0 aromatic carbocycles. The Bertz CT molecular complexity index is 536. The van der Waals surface area contributed by atoms with Gasteiger partial charge in [0.1, 0.15) is 5.60 Å². The molecule has 3 unspecified atom stereocenters. The highest BCUT2D eigenvalue weighted by Crippen LogP contribution is 2.68. The van der Waals surface area contributed by atoms with Gasteiger partial charge in [0.25, 0.3) is 0 Å². The Balaban J connectivity index is 1.65. The maximum atomic E-state index is 11.0. The minimum atomic E-state index is -0.886. The van der Waals surface area contributed by atoms with Crippen molar-refractivity contribution < 1.29 is 10.2 Å². The van der Waals surface area contributed by atoms with E-state index in [1.807, 2.05) is 0 Å². The Labute approximate surface area is 141 Å². The van der Waals surface area contributed by atoms with Crippen LogP contribution >= 0.6 is 0 Å². The molecule has 4 aliphatic carbocycles. The number of hydrogen-bond donors (Lipinski definition) is 2. The maximum absolute atomic E-state index is 11.0. The van der Waals surface area contributed by atoms with Gasteiger partial charge in [0.2, 0.25) is 0 Å². The second-order valence-electron chi connectivity index (χ2n) is 9.58. The summed E-state index contributed by atoms with van der Waals surface area (Å²) in [5, 5.41) is 21.1. The standard InChI is InChI=1S/C21H32O2/c1-4-21(23)12-9-18-16-6-5-14-13-15(22)7-10-19(14,2)17(16)8-11-20(18,21)3/h1,14-18,22-23H,5-13H2,2-3H3/t14-,15+,16?,17?,18?,19-,20-,21-/m0/s1. The fourth-order valence-electron chi connectivity index (χ4n) is 7.49. The predicted octanol–water partition coefficient (Wildman–Crippen LogP) is 3.75. The molecule has 2 N–H and O–H groups in total. The van der Waals surface area contributed by atoms with Gasteiger partial charge in [0.05, 0.1) is 6.10 Å². The first kappa shape index (κ1) is 16.0. The first-order valence-corrected chi connectivity index (χ1v) is 9.72. The molecule has 8 atom stereocenters. The highest BCUT2D eigenvalue weighted by Gasteiger charge is 2.64. The molecule has 0 bridgehead atoms. The molecule has 0 spiro atoms. The molecule has 2 nitrogen and oxygen atoms in total. The van der Waals surface area contributed by atoms with Gasteiger partial charge in [-0.25, -0.2) is 0 Å². The molecule has 0 radical (unpaired) electrons. The van der Waals surface area contributed by atoms with Crippen LogP contribution in [0.2, 0.25) is 0 Å². The number of terminal acetylenes is 1. The molecular weight excluding hydrogens is 284 g/mol. The van der Waals surface area contributed by atoms with Crippen LogP contribution in [0.5, 0.6) is 0 Å². The molecule has 4 fully saturated rings. The van der Waals surface area contributed by atoms with Crippen LogP contribution < -0.4 is 0 Å². The van der Waals surface area contributed by atoms with Crippen molar-refractivity contribution >= 4 is 0 Å². The summed E-state index contributed by atoms with van der Waals surface area (Å²) in [5.41, 5.74) is -0.566. The number of fused-ring (bicyclic) bond motifs is 5. The zero-order chi connectivity index (χ0) is 16.5. The highest BCUT2D eigenvalue weighted by molar-refractivity contribution is 5.23. The van der Waals surface area contributed by atoms with Crippen LogP contribution in [0.3, 0.4) is 0 Å². The lowest BCUT2D eigenvalue weighted by Crippen LogP contribution is -2.56. The fourth-order valence-corrected chi connectivity index (χ4v) is 7.49. The summed E-state index contributed by atoms with van der Waals surface area (Å²) in [7, 11) is 0. The van der Waals surface area contributed by atoms with Crippen LogP contribution in [0.25, 0.3) is 0 Å². The van der Waals surface area contributed by atoms with Gasteiger partial charge in [-0.2, -0.15) is 0 Å². The molecule has 0 heterocycles. The van der Waals surface area contributed by atoms with Gasteiger partial charge < -0.3 is 10.2 Å². The Kier molecular flexibility index (Phi) is 3.47. The normalized spacial score (nSPS) is 58.7. The van der Waals surface area contributed by atoms with Crippen molar-refractivity contribution in [1.82, 2.24) is 0 Å². The van der Waals surface area contributed by atoms with Gasteiger partial charge >= 0.3 is 0 Å². The van der Waals surface area contributed by atoms with Gasteiger partial charge in [-0.3, -0.25) is 0 Å². The summed E-state index contributed by atoms with van der Waals surface area (Å²) in [6.07, 6.45) is 15.6. The molecule has 4 saturated carbocycles. The summed E-state index contributed by atoms with van der Waals surface area (Å²) in [5.74, 6) is 5.56. The quantitative estimate of drug-likeness (QED) is 0.668. The minimum absolute atomic E-state index is 0.0727. The minimum Gasteiger partial charge on any atom is -0.393 e. The number of aliphatic hydroxyl groups excluding tert-OH is 1. The average molecular weight is 316 g/mol. The smallest absolute Gasteiger partial charge is 0.130 e.